The van der Waals surface area contributed by atoms with E-state index in [2.05, 4.69) is 47.6 Å². The van der Waals surface area contributed by atoms with Crippen molar-refractivity contribution in [2.75, 3.05) is 6.61 Å². The summed E-state index contributed by atoms with van der Waals surface area (Å²) in [6, 6.07) is 0. The summed E-state index contributed by atoms with van der Waals surface area (Å²) in [4.78, 5) is 14.8. The molecule has 0 aromatic rings. The molecule has 6 aliphatic rings. The van der Waals surface area contributed by atoms with Crippen LogP contribution >= 0.6 is 0 Å². The third kappa shape index (κ3) is 7.01. The van der Waals surface area contributed by atoms with Crippen LogP contribution in [0.15, 0.2) is 11.6 Å². The molecule has 316 valence electrons. The maximum atomic E-state index is 14.8. The van der Waals surface area contributed by atoms with Gasteiger partial charge in [0.1, 0.15) is 48.5 Å². The standard InChI is InChI=1S/C42H70O13/c1-20(10-14-27(44)39(5,6)51)22-16-17-40(7)26-13-11-23-24(42(26,9)28(45)18-41(22,40)8)12-15-29(38(23,3)4)54-37-35(33(49)31(47)25(19-43)53-37)55-36-34(50)32(48)30(46)21(2)52-36/h11,20-22,24-27,29-37,43-44,46-51H,10,12-19H2,1-9H3/t20-,21-,22-,24-,25-,26+,27-,29?,30+,31-,32-,33+,34-,35-,36+,37+,40+,41-,42+/m1/s1. The van der Waals surface area contributed by atoms with Gasteiger partial charge in [-0.05, 0) is 100 Å². The zero-order chi connectivity index (χ0) is 40.8. The summed E-state index contributed by atoms with van der Waals surface area (Å²) in [6.07, 6.45) is -7.17. The first-order chi connectivity index (χ1) is 25.4. The van der Waals surface area contributed by atoms with Crippen LogP contribution in [0.3, 0.4) is 0 Å². The molecule has 13 nitrogen and oxygen atoms in total. The van der Waals surface area contributed by atoms with Crippen molar-refractivity contribution in [3.05, 3.63) is 11.6 Å². The molecular weight excluding hydrogens is 712 g/mol. The number of fused-ring (bicyclic) bond motifs is 5. The molecule has 2 aliphatic heterocycles. The van der Waals surface area contributed by atoms with Crippen molar-refractivity contribution in [1.29, 1.82) is 0 Å². The lowest BCUT2D eigenvalue weighted by molar-refractivity contribution is -0.372. The molecule has 4 aliphatic carbocycles. The summed E-state index contributed by atoms with van der Waals surface area (Å²) >= 11 is 0. The van der Waals surface area contributed by atoms with Crippen LogP contribution in [-0.4, -0.2) is 132 Å². The van der Waals surface area contributed by atoms with E-state index in [-0.39, 0.29) is 28.6 Å². The van der Waals surface area contributed by atoms with Gasteiger partial charge in [0.05, 0.1) is 30.5 Å². The van der Waals surface area contributed by atoms with E-state index in [1.807, 2.05) is 0 Å². The first-order valence-corrected chi connectivity index (χ1v) is 20.7. The van der Waals surface area contributed by atoms with Crippen LogP contribution in [0.2, 0.25) is 0 Å². The van der Waals surface area contributed by atoms with Gasteiger partial charge in [-0.15, -0.1) is 0 Å². The molecule has 0 bridgehead atoms. The Hall–Kier alpha value is -1.07. The van der Waals surface area contributed by atoms with Crippen molar-refractivity contribution >= 4 is 5.78 Å². The summed E-state index contributed by atoms with van der Waals surface area (Å²) in [5.41, 5.74) is -1.46. The SMILES string of the molecule is C[C@H](CC[C@@H](O)C(C)(C)O)[C@H]1CC[C@@]2(C)[C@@H]3CC=C4[C@@H](CCC(O[C@@H]5O[C@H](CO)[C@@H](O)[C@H](O)[C@H]5O[C@@H]5O[C@H](C)[C@H](O)[C@@H](O)[C@H]5O)C4(C)C)[C@]3(C)C(=O)C[C@]12C. The van der Waals surface area contributed by atoms with Crippen molar-refractivity contribution in [2.24, 2.45) is 45.3 Å². The van der Waals surface area contributed by atoms with Crippen LogP contribution in [0, 0.1) is 45.3 Å². The van der Waals surface area contributed by atoms with E-state index >= 15 is 0 Å². The Balaban J connectivity index is 1.23. The number of Topliss-reactive ketones (excluding diaryl/α,β-unsaturated/α-hetero) is 1. The first kappa shape index (κ1) is 43.5. The third-order valence-corrected chi connectivity index (χ3v) is 16.3. The highest BCUT2D eigenvalue weighted by molar-refractivity contribution is 5.88. The highest BCUT2D eigenvalue weighted by Crippen LogP contribution is 2.74. The Kier molecular flexibility index (Phi) is 12.0. The summed E-state index contributed by atoms with van der Waals surface area (Å²) in [5.74, 6) is 1.05. The normalized spacial score (nSPS) is 49.7. The molecule has 0 amide bonds. The lowest BCUT2D eigenvalue weighted by Gasteiger charge is -2.65. The Morgan fingerprint density at radius 3 is 2.18 bits per heavy atom. The molecule has 2 heterocycles. The zero-order valence-electron chi connectivity index (χ0n) is 34.3. The van der Waals surface area contributed by atoms with Crippen molar-refractivity contribution in [3.63, 3.8) is 0 Å². The Morgan fingerprint density at radius 2 is 1.55 bits per heavy atom. The maximum absolute atomic E-state index is 14.8. The Labute approximate surface area is 326 Å². The summed E-state index contributed by atoms with van der Waals surface area (Å²) in [6.45, 7) is 17.5. The van der Waals surface area contributed by atoms with Crippen molar-refractivity contribution < 1.29 is 64.6 Å². The van der Waals surface area contributed by atoms with Gasteiger partial charge in [0.25, 0.3) is 0 Å². The fourth-order valence-electron chi connectivity index (χ4n) is 12.3. The van der Waals surface area contributed by atoms with Crippen LogP contribution in [0.1, 0.15) is 114 Å². The van der Waals surface area contributed by atoms with Gasteiger partial charge in [-0.1, -0.05) is 53.2 Å². The molecule has 0 spiro atoms. The summed E-state index contributed by atoms with van der Waals surface area (Å²) < 4.78 is 24.3. The van der Waals surface area contributed by atoms with E-state index in [0.717, 1.165) is 31.3 Å². The van der Waals surface area contributed by atoms with Gasteiger partial charge in [0, 0.05) is 17.3 Å². The van der Waals surface area contributed by atoms with Crippen LogP contribution in [-0.2, 0) is 23.7 Å². The minimum absolute atomic E-state index is 0.00880. The molecule has 55 heavy (non-hydrogen) atoms. The van der Waals surface area contributed by atoms with Crippen molar-refractivity contribution in [3.8, 4) is 0 Å². The van der Waals surface area contributed by atoms with Gasteiger partial charge in [0.15, 0.2) is 12.6 Å². The smallest absolute Gasteiger partial charge is 0.187 e. The second-order valence-corrected chi connectivity index (χ2v) is 20.0. The molecule has 1 unspecified atom stereocenters. The number of rotatable bonds is 10. The largest absolute Gasteiger partial charge is 0.394 e. The van der Waals surface area contributed by atoms with Crippen molar-refractivity contribution in [2.45, 2.75) is 193 Å². The summed E-state index contributed by atoms with van der Waals surface area (Å²) in [5, 5.41) is 84.3. The molecular formula is C42H70O13. The molecule has 13 heteroatoms. The Bertz CT molecular complexity index is 1430. The lowest BCUT2D eigenvalue weighted by Crippen LogP contribution is -2.65. The number of carbonyl (C=O) groups excluding carboxylic acids is 1. The van der Waals surface area contributed by atoms with Gasteiger partial charge >= 0.3 is 0 Å². The number of ketones is 1. The number of aliphatic hydroxyl groups excluding tert-OH is 7. The monoisotopic (exact) mass is 782 g/mol. The number of ether oxygens (including phenoxy) is 4. The predicted octanol–water partition coefficient (Wildman–Crippen LogP) is 2.36. The Morgan fingerprint density at radius 1 is 0.873 bits per heavy atom. The molecule has 2 saturated heterocycles. The second-order valence-electron chi connectivity index (χ2n) is 20.0. The lowest BCUT2D eigenvalue weighted by atomic mass is 9.38. The predicted molar refractivity (Wildman–Crippen MR) is 200 cm³/mol. The minimum atomic E-state index is -1.67. The molecule has 5 fully saturated rings. The fourth-order valence-corrected chi connectivity index (χ4v) is 12.3. The molecule has 0 aromatic carbocycles. The third-order valence-electron chi connectivity index (χ3n) is 16.3. The molecule has 6 rings (SSSR count). The molecule has 3 saturated carbocycles. The maximum Gasteiger partial charge on any atom is 0.187 e. The first-order valence-electron chi connectivity index (χ1n) is 20.7. The van der Waals surface area contributed by atoms with Gasteiger partial charge < -0.3 is 59.8 Å². The zero-order valence-corrected chi connectivity index (χ0v) is 34.3. The minimum Gasteiger partial charge on any atom is -0.394 e. The molecule has 0 radical (unpaired) electrons. The molecule has 0 aromatic heterocycles. The second kappa shape index (κ2) is 15.2. The average molecular weight is 783 g/mol. The number of carbonyl (C=O) groups is 1. The van der Waals surface area contributed by atoms with E-state index in [1.54, 1.807) is 13.8 Å². The molecule has 8 N–H and O–H groups in total. The van der Waals surface area contributed by atoms with Gasteiger partial charge in [-0.25, -0.2) is 0 Å². The number of hydrogen-bond donors (Lipinski definition) is 8. The quantitative estimate of drug-likeness (QED) is 0.150. The van der Waals surface area contributed by atoms with Crippen LogP contribution in [0.25, 0.3) is 0 Å². The van der Waals surface area contributed by atoms with Gasteiger partial charge in [0.2, 0.25) is 0 Å². The number of allylic oxidation sites excluding steroid dienone is 1. The fraction of sp³-hybridized carbons (Fsp3) is 0.929. The number of hydrogen-bond acceptors (Lipinski definition) is 13. The van der Waals surface area contributed by atoms with Gasteiger partial charge in [-0.2, -0.15) is 0 Å². The topological polar surface area (TPSA) is 216 Å². The van der Waals surface area contributed by atoms with E-state index in [4.69, 9.17) is 18.9 Å². The molecule has 19 atom stereocenters. The van der Waals surface area contributed by atoms with E-state index < -0.39 is 96.7 Å². The highest BCUT2D eigenvalue weighted by Gasteiger charge is 2.70. The van der Waals surface area contributed by atoms with Crippen LogP contribution in [0.5, 0.6) is 0 Å². The summed E-state index contributed by atoms with van der Waals surface area (Å²) in [7, 11) is 0. The van der Waals surface area contributed by atoms with E-state index in [1.165, 1.54) is 6.92 Å². The van der Waals surface area contributed by atoms with Crippen LogP contribution < -0.4 is 0 Å². The van der Waals surface area contributed by atoms with Crippen LogP contribution in [0.4, 0.5) is 0 Å². The van der Waals surface area contributed by atoms with Gasteiger partial charge in [-0.3, -0.25) is 4.79 Å². The van der Waals surface area contributed by atoms with Crippen molar-refractivity contribution in [1.82, 2.24) is 0 Å². The van der Waals surface area contributed by atoms with E-state index in [9.17, 15) is 45.6 Å². The highest BCUT2D eigenvalue weighted by atomic mass is 16.8. The van der Waals surface area contributed by atoms with E-state index in [0.29, 0.717) is 37.4 Å². The average Bonchev–Trinajstić information content (AvgIpc) is 3.38. The number of aliphatic hydroxyl groups is 8.